The molecule has 0 aliphatic rings. The Hall–Kier alpha value is -3.47. The van der Waals surface area contributed by atoms with Crippen LogP contribution in [0.4, 0.5) is 10.1 Å². The zero-order valence-electron chi connectivity index (χ0n) is 15.2. The van der Waals surface area contributed by atoms with E-state index in [4.69, 9.17) is 4.74 Å². The first-order valence-corrected chi connectivity index (χ1v) is 8.97. The molecule has 0 aromatic heterocycles. The maximum absolute atomic E-state index is 13.6. The van der Waals surface area contributed by atoms with Crippen molar-refractivity contribution in [1.82, 2.24) is 0 Å². The molecule has 3 aromatic rings. The van der Waals surface area contributed by atoms with E-state index >= 15 is 0 Å². The third-order valence-corrected chi connectivity index (χ3v) is 4.25. The second-order valence-corrected chi connectivity index (χ2v) is 6.25. The number of esters is 1. The molecule has 0 atom stereocenters. The van der Waals surface area contributed by atoms with Crippen LogP contribution in [0.5, 0.6) is 0 Å². The van der Waals surface area contributed by atoms with Crippen LogP contribution in [-0.2, 0) is 22.4 Å². The van der Waals surface area contributed by atoms with Crippen molar-refractivity contribution < 1.29 is 18.7 Å². The van der Waals surface area contributed by atoms with E-state index in [1.165, 1.54) is 23.8 Å². The van der Waals surface area contributed by atoms with E-state index in [2.05, 4.69) is 5.32 Å². The van der Waals surface area contributed by atoms with Crippen molar-refractivity contribution in [3.05, 3.63) is 101 Å². The Balaban J connectivity index is 1.58. The summed E-state index contributed by atoms with van der Waals surface area (Å²) in [4.78, 5) is 24.4. The minimum absolute atomic E-state index is 0.0480. The number of anilines is 1. The first kappa shape index (κ1) is 19.3. The minimum atomic E-state index is -0.597. The summed E-state index contributed by atoms with van der Waals surface area (Å²) in [5.41, 5.74) is 2.50. The minimum Gasteiger partial charge on any atom is -0.452 e. The standard InChI is InChI=1S/C23H20FNO3/c24-20-12-6-7-13-21(20)25-22(26)16-28-23(27)19-11-5-4-10-18(19)15-14-17-8-2-1-3-9-17/h1-13H,14-16H2,(H,25,26). The summed E-state index contributed by atoms with van der Waals surface area (Å²) in [7, 11) is 0. The summed E-state index contributed by atoms with van der Waals surface area (Å²) in [6, 6.07) is 23.0. The lowest BCUT2D eigenvalue weighted by Crippen LogP contribution is -2.22. The Kier molecular flexibility index (Phi) is 6.52. The predicted molar refractivity (Wildman–Crippen MR) is 106 cm³/mol. The van der Waals surface area contributed by atoms with Crippen molar-refractivity contribution in [3.8, 4) is 0 Å². The highest BCUT2D eigenvalue weighted by Crippen LogP contribution is 2.15. The molecular formula is C23H20FNO3. The second-order valence-electron chi connectivity index (χ2n) is 6.25. The van der Waals surface area contributed by atoms with Crippen LogP contribution in [-0.4, -0.2) is 18.5 Å². The molecule has 0 aliphatic carbocycles. The number of benzene rings is 3. The summed E-state index contributed by atoms with van der Waals surface area (Å²) < 4.78 is 18.7. The maximum Gasteiger partial charge on any atom is 0.338 e. The van der Waals surface area contributed by atoms with Gasteiger partial charge < -0.3 is 10.1 Å². The first-order chi connectivity index (χ1) is 13.6. The van der Waals surface area contributed by atoms with Gasteiger partial charge in [-0.05, 0) is 42.2 Å². The first-order valence-electron chi connectivity index (χ1n) is 8.97. The van der Waals surface area contributed by atoms with Gasteiger partial charge >= 0.3 is 5.97 Å². The van der Waals surface area contributed by atoms with Gasteiger partial charge in [0.25, 0.3) is 5.91 Å². The molecule has 0 saturated heterocycles. The Labute approximate surface area is 163 Å². The lowest BCUT2D eigenvalue weighted by Gasteiger charge is -2.10. The average molecular weight is 377 g/mol. The molecule has 0 heterocycles. The Morgan fingerprint density at radius 2 is 1.50 bits per heavy atom. The summed E-state index contributed by atoms with van der Waals surface area (Å²) in [6.45, 7) is -0.486. The number of amides is 1. The number of aryl methyl sites for hydroxylation is 2. The predicted octanol–water partition coefficient (Wildman–Crippen LogP) is 4.41. The summed E-state index contributed by atoms with van der Waals surface area (Å²) in [5, 5.41) is 2.39. The lowest BCUT2D eigenvalue weighted by molar-refractivity contribution is -0.119. The summed E-state index contributed by atoms with van der Waals surface area (Å²) >= 11 is 0. The van der Waals surface area contributed by atoms with Crippen molar-refractivity contribution >= 4 is 17.6 Å². The van der Waals surface area contributed by atoms with Crippen molar-refractivity contribution in [1.29, 1.82) is 0 Å². The molecule has 0 unspecified atom stereocenters. The number of rotatable bonds is 7. The van der Waals surface area contributed by atoms with Gasteiger partial charge in [0.1, 0.15) is 5.82 Å². The van der Waals surface area contributed by atoms with E-state index in [9.17, 15) is 14.0 Å². The molecule has 0 saturated carbocycles. The molecule has 28 heavy (non-hydrogen) atoms. The normalized spacial score (nSPS) is 10.3. The molecule has 1 amide bonds. The number of hydrogen-bond acceptors (Lipinski definition) is 3. The van der Waals surface area contributed by atoms with E-state index in [-0.39, 0.29) is 5.69 Å². The second kappa shape index (κ2) is 9.46. The maximum atomic E-state index is 13.6. The molecular weight excluding hydrogens is 357 g/mol. The smallest absolute Gasteiger partial charge is 0.338 e. The van der Waals surface area contributed by atoms with Crippen LogP contribution in [0, 0.1) is 5.82 Å². The molecule has 0 fully saturated rings. The zero-order chi connectivity index (χ0) is 19.8. The number of para-hydroxylation sites is 1. The number of carbonyl (C=O) groups excluding carboxylic acids is 2. The largest absolute Gasteiger partial charge is 0.452 e. The van der Waals surface area contributed by atoms with E-state index in [0.29, 0.717) is 12.0 Å². The average Bonchev–Trinajstić information content (AvgIpc) is 2.73. The molecule has 0 radical (unpaired) electrons. The van der Waals surface area contributed by atoms with E-state index < -0.39 is 24.3 Å². The van der Waals surface area contributed by atoms with Crippen LogP contribution >= 0.6 is 0 Å². The SMILES string of the molecule is O=C(COC(=O)c1ccccc1CCc1ccccc1)Nc1ccccc1F. The fourth-order valence-electron chi connectivity index (χ4n) is 2.82. The number of carbonyl (C=O) groups is 2. The third kappa shape index (κ3) is 5.27. The quantitative estimate of drug-likeness (QED) is 0.621. The Morgan fingerprint density at radius 3 is 2.29 bits per heavy atom. The molecule has 0 spiro atoms. The lowest BCUT2D eigenvalue weighted by atomic mass is 10.00. The monoisotopic (exact) mass is 377 g/mol. The van der Waals surface area contributed by atoms with E-state index in [1.54, 1.807) is 18.2 Å². The highest BCUT2D eigenvalue weighted by atomic mass is 19.1. The van der Waals surface area contributed by atoms with Crippen LogP contribution < -0.4 is 5.32 Å². The van der Waals surface area contributed by atoms with Gasteiger partial charge in [-0.3, -0.25) is 4.79 Å². The fraction of sp³-hybridized carbons (Fsp3) is 0.130. The van der Waals surface area contributed by atoms with Crippen molar-refractivity contribution in [2.24, 2.45) is 0 Å². The van der Waals surface area contributed by atoms with Gasteiger partial charge in [-0.1, -0.05) is 60.7 Å². The van der Waals surface area contributed by atoms with E-state index in [0.717, 1.165) is 12.0 Å². The molecule has 3 rings (SSSR count). The van der Waals surface area contributed by atoms with Gasteiger partial charge in [0, 0.05) is 0 Å². The van der Waals surface area contributed by atoms with Gasteiger partial charge in [-0.2, -0.15) is 0 Å². The molecule has 1 N–H and O–H groups in total. The number of ether oxygens (including phenoxy) is 1. The zero-order valence-corrected chi connectivity index (χ0v) is 15.2. The van der Waals surface area contributed by atoms with Crippen LogP contribution in [0.25, 0.3) is 0 Å². The number of hydrogen-bond donors (Lipinski definition) is 1. The van der Waals surface area contributed by atoms with Gasteiger partial charge in [-0.15, -0.1) is 0 Å². The molecule has 3 aromatic carbocycles. The van der Waals surface area contributed by atoms with Crippen molar-refractivity contribution in [3.63, 3.8) is 0 Å². The summed E-state index contributed by atoms with van der Waals surface area (Å²) in [5.74, 6) is -1.72. The van der Waals surface area contributed by atoms with Gasteiger partial charge in [0.05, 0.1) is 11.3 Å². The highest BCUT2D eigenvalue weighted by Gasteiger charge is 2.15. The van der Waals surface area contributed by atoms with Gasteiger partial charge in [-0.25, -0.2) is 9.18 Å². The number of nitrogens with one attached hydrogen (secondary N) is 1. The van der Waals surface area contributed by atoms with Crippen molar-refractivity contribution in [2.45, 2.75) is 12.8 Å². The van der Waals surface area contributed by atoms with Crippen LogP contribution in [0.15, 0.2) is 78.9 Å². The molecule has 142 valence electrons. The van der Waals surface area contributed by atoms with Gasteiger partial charge in [0.2, 0.25) is 0 Å². The molecule has 5 heteroatoms. The summed E-state index contributed by atoms with van der Waals surface area (Å²) in [6.07, 6.45) is 1.47. The van der Waals surface area contributed by atoms with Gasteiger partial charge in [0.15, 0.2) is 6.61 Å². The fourth-order valence-corrected chi connectivity index (χ4v) is 2.82. The Morgan fingerprint density at radius 1 is 0.821 bits per heavy atom. The molecule has 4 nitrogen and oxygen atoms in total. The third-order valence-electron chi connectivity index (χ3n) is 4.25. The topological polar surface area (TPSA) is 55.4 Å². The van der Waals surface area contributed by atoms with Crippen molar-refractivity contribution in [2.75, 3.05) is 11.9 Å². The molecule has 0 bridgehead atoms. The highest BCUT2D eigenvalue weighted by molar-refractivity contribution is 5.96. The molecule has 0 aliphatic heterocycles. The van der Waals surface area contributed by atoms with Crippen LogP contribution in [0.2, 0.25) is 0 Å². The number of halogens is 1. The van der Waals surface area contributed by atoms with Crippen LogP contribution in [0.3, 0.4) is 0 Å². The Bertz CT molecular complexity index is 957. The van der Waals surface area contributed by atoms with Crippen LogP contribution in [0.1, 0.15) is 21.5 Å². The van der Waals surface area contributed by atoms with E-state index in [1.807, 2.05) is 42.5 Å².